The second kappa shape index (κ2) is 11.8. The summed E-state index contributed by atoms with van der Waals surface area (Å²) in [6, 6.07) is 10.5. The lowest BCUT2D eigenvalue weighted by atomic mass is 9.85. The SMILES string of the molecule is Cc1nnc(NC2CCC(C(=O)NCCCn3cccn3)CC2)c2ccccc12.O=CO. The van der Waals surface area contributed by atoms with Gasteiger partial charge in [0.15, 0.2) is 5.82 Å². The normalized spacial score (nSPS) is 17.8. The van der Waals surface area contributed by atoms with Crippen LogP contribution in [-0.2, 0) is 16.1 Å². The molecule has 170 valence electrons. The molecule has 0 saturated heterocycles. The van der Waals surface area contributed by atoms with Gasteiger partial charge in [0.2, 0.25) is 5.91 Å². The molecule has 1 aliphatic carbocycles. The molecule has 4 rings (SSSR count). The molecule has 2 aromatic heterocycles. The highest BCUT2D eigenvalue weighted by Crippen LogP contribution is 2.29. The molecule has 0 atom stereocenters. The Kier molecular flexibility index (Phi) is 8.53. The van der Waals surface area contributed by atoms with Crippen molar-refractivity contribution in [3.63, 3.8) is 0 Å². The standard InChI is InChI=1S/C22H28N6O.CH2O2/c1-16-19-6-2-3-7-20(19)21(27-26-16)25-18-10-8-17(9-11-18)22(29)23-12-4-14-28-15-5-13-24-28;2-1-3/h2-3,5-7,13,15,17-18H,4,8-12,14H2,1H3,(H,23,29)(H,25,27);1H,(H,2,3). The summed E-state index contributed by atoms with van der Waals surface area (Å²) >= 11 is 0. The van der Waals surface area contributed by atoms with Crippen molar-refractivity contribution in [2.24, 2.45) is 5.92 Å². The van der Waals surface area contributed by atoms with E-state index in [1.54, 1.807) is 6.20 Å². The number of nitrogens with one attached hydrogen (secondary N) is 2. The van der Waals surface area contributed by atoms with Gasteiger partial charge in [-0.1, -0.05) is 24.3 Å². The molecule has 0 spiro atoms. The summed E-state index contributed by atoms with van der Waals surface area (Å²) in [5.41, 5.74) is 0.944. The van der Waals surface area contributed by atoms with Crippen molar-refractivity contribution in [3.05, 3.63) is 48.4 Å². The van der Waals surface area contributed by atoms with Gasteiger partial charge in [0.1, 0.15) is 0 Å². The van der Waals surface area contributed by atoms with Gasteiger partial charge in [-0.25, -0.2) is 0 Å². The van der Waals surface area contributed by atoms with Crippen molar-refractivity contribution in [1.29, 1.82) is 0 Å². The number of carboxylic acid groups (broad SMARTS) is 1. The summed E-state index contributed by atoms with van der Waals surface area (Å²) in [5, 5.41) is 28.6. The second-order valence-electron chi connectivity index (χ2n) is 7.89. The average molecular weight is 439 g/mol. The van der Waals surface area contributed by atoms with E-state index in [9.17, 15) is 4.79 Å². The van der Waals surface area contributed by atoms with Crippen LogP contribution >= 0.6 is 0 Å². The van der Waals surface area contributed by atoms with Crippen LogP contribution in [-0.4, -0.2) is 50.1 Å². The minimum Gasteiger partial charge on any atom is -0.483 e. The van der Waals surface area contributed by atoms with Crippen LogP contribution in [0.5, 0.6) is 0 Å². The van der Waals surface area contributed by atoms with E-state index in [-0.39, 0.29) is 18.3 Å². The number of benzene rings is 1. The van der Waals surface area contributed by atoms with Gasteiger partial charge in [-0.3, -0.25) is 14.3 Å². The molecule has 3 aromatic rings. The van der Waals surface area contributed by atoms with Gasteiger partial charge in [0.05, 0.1) is 5.69 Å². The Morgan fingerprint density at radius 2 is 1.88 bits per heavy atom. The topological polar surface area (TPSA) is 122 Å². The number of hydrogen-bond acceptors (Lipinski definition) is 6. The number of aromatic nitrogens is 4. The van der Waals surface area contributed by atoms with Crippen LogP contribution in [0, 0.1) is 12.8 Å². The maximum atomic E-state index is 12.5. The molecular formula is C23H30N6O3. The predicted molar refractivity (Wildman–Crippen MR) is 122 cm³/mol. The van der Waals surface area contributed by atoms with E-state index >= 15 is 0 Å². The average Bonchev–Trinajstić information content (AvgIpc) is 3.33. The van der Waals surface area contributed by atoms with Crippen LogP contribution in [0.15, 0.2) is 42.7 Å². The van der Waals surface area contributed by atoms with Crippen molar-refractivity contribution < 1.29 is 14.7 Å². The highest BCUT2D eigenvalue weighted by atomic mass is 16.3. The number of aryl methyl sites for hydroxylation is 2. The lowest BCUT2D eigenvalue weighted by Gasteiger charge is -2.29. The fraction of sp³-hybridized carbons (Fsp3) is 0.435. The molecular weight excluding hydrogens is 408 g/mol. The van der Waals surface area contributed by atoms with Gasteiger partial charge in [0.25, 0.3) is 6.47 Å². The first-order chi connectivity index (χ1) is 15.6. The van der Waals surface area contributed by atoms with Crippen molar-refractivity contribution >= 4 is 29.0 Å². The zero-order valence-corrected chi connectivity index (χ0v) is 18.3. The zero-order valence-electron chi connectivity index (χ0n) is 18.3. The third-order valence-corrected chi connectivity index (χ3v) is 5.73. The van der Waals surface area contributed by atoms with E-state index < -0.39 is 0 Å². The fourth-order valence-corrected chi connectivity index (χ4v) is 4.07. The molecule has 9 heteroatoms. The molecule has 1 fully saturated rings. The number of carbonyl (C=O) groups is 2. The Labute approximate surface area is 187 Å². The highest BCUT2D eigenvalue weighted by Gasteiger charge is 2.26. The third-order valence-electron chi connectivity index (χ3n) is 5.73. The molecule has 1 aliphatic rings. The maximum absolute atomic E-state index is 12.5. The number of rotatable bonds is 7. The van der Waals surface area contributed by atoms with Crippen molar-refractivity contribution in [2.75, 3.05) is 11.9 Å². The largest absolute Gasteiger partial charge is 0.483 e. The van der Waals surface area contributed by atoms with E-state index in [1.165, 1.54) is 0 Å². The monoisotopic (exact) mass is 438 g/mol. The van der Waals surface area contributed by atoms with Crippen LogP contribution in [0.4, 0.5) is 5.82 Å². The summed E-state index contributed by atoms with van der Waals surface area (Å²) < 4.78 is 1.89. The molecule has 1 saturated carbocycles. The smallest absolute Gasteiger partial charge is 0.290 e. The Balaban J connectivity index is 0.000000913. The van der Waals surface area contributed by atoms with E-state index in [4.69, 9.17) is 9.90 Å². The number of fused-ring (bicyclic) bond motifs is 1. The molecule has 9 nitrogen and oxygen atoms in total. The van der Waals surface area contributed by atoms with Crippen LogP contribution in [0.1, 0.15) is 37.8 Å². The van der Waals surface area contributed by atoms with Gasteiger partial charge in [-0.2, -0.15) is 10.2 Å². The van der Waals surface area contributed by atoms with Crippen molar-refractivity contribution in [3.8, 4) is 0 Å². The molecule has 1 amide bonds. The lowest BCUT2D eigenvalue weighted by Crippen LogP contribution is -2.36. The van der Waals surface area contributed by atoms with Crippen LogP contribution in [0.25, 0.3) is 10.8 Å². The van der Waals surface area contributed by atoms with Crippen molar-refractivity contribution in [2.45, 2.75) is 51.6 Å². The minimum absolute atomic E-state index is 0.110. The van der Waals surface area contributed by atoms with Crippen LogP contribution in [0.2, 0.25) is 0 Å². The summed E-state index contributed by atoms with van der Waals surface area (Å²) in [6.07, 6.45) is 8.35. The number of nitrogens with zero attached hydrogens (tertiary/aromatic N) is 4. The highest BCUT2D eigenvalue weighted by molar-refractivity contribution is 5.92. The first-order valence-electron chi connectivity index (χ1n) is 10.9. The van der Waals surface area contributed by atoms with E-state index in [0.29, 0.717) is 12.6 Å². The fourth-order valence-electron chi connectivity index (χ4n) is 4.07. The number of anilines is 1. The van der Waals surface area contributed by atoms with E-state index in [2.05, 4.69) is 38.1 Å². The summed E-state index contributed by atoms with van der Waals surface area (Å²) in [6.45, 7) is 3.26. The summed E-state index contributed by atoms with van der Waals surface area (Å²) in [7, 11) is 0. The van der Waals surface area contributed by atoms with Gasteiger partial charge in [0, 0.05) is 48.2 Å². The zero-order chi connectivity index (χ0) is 22.8. The minimum atomic E-state index is -0.250. The molecule has 1 aromatic carbocycles. The van der Waals surface area contributed by atoms with Crippen LogP contribution in [0.3, 0.4) is 0 Å². The Hall–Kier alpha value is -3.49. The summed E-state index contributed by atoms with van der Waals surface area (Å²) in [5.74, 6) is 1.14. The second-order valence-corrected chi connectivity index (χ2v) is 7.89. The number of carbonyl (C=O) groups excluding carboxylic acids is 1. The maximum Gasteiger partial charge on any atom is 0.290 e. The van der Waals surface area contributed by atoms with Crippen molar-refractivity contribution in [1.82, 2.24) is 25.3 Å². The quantitative estimate of drug-likeness (QED) is 0.383. The third kappa shape index (κ3) is 6.26. The van der Waals surface area contributed by atoms with E-state index in [1.807, 2.05) is 36.0 Å². The number of hydrogen-bond donors (Lipinski definition) is 3. The summed E-state index contributed by atoms with van der Waals surface area (Å²) in [4.78, 5) is 20.8. The molecule has 2 heterocycles. The molecule has 3 N–H and O–H groups in total. The first kappa shape index (κ1) is 23.2. The molecule has 0 unspecified atom stereocenters. The Morgan fingerprint density at radius 1 is 1.16 bits per heavy atom. The first-order valence-corrected chi connectivity index (χ1v) is 10.9. The van der Waals surface area contributed by atoms with Gasteiger partial charge >= 0.3 is 0 Å². The molecule has 32 heavy (non-hydrogen) atoms. The van der Waals surface area contributed by atoms with Gasteiger partial charge < -0.3 is 15.7 Å². The van der Waals surface area contributed by atoms with Crippen LogP contribution < -0.4 is 10.6 Å². The Bertz CT molecular complexity index is 1000. The lowest BCUT2D eigenvalue weighted by molar-refractivity contribution is -0.126. The molecule has 0 aliphatic heterocycles. The van der Waals surface area contributed by atoms with E-state index in [0.717, 1.165) is 60.9 Å². The molecule has 0 radical (unpaired) electrons. The van der Waals surface area contributed by atoms with Gasteiger partial charge in [-0.05, 0) is 45.1 Å². The Morgan fingerprint density at radius 3 is 2.56 bits per heavy atom. The number of amides is 1. The molecule has 0 bridgehead atoms. The van der Waals surface area contributed by atoms with Gasteiger partial charge in [-0.15, -0.1) is 5.10 Å². The predicted octanol–water partition coefficient (Wildman–Crippen LogP) is 3.01.